The first-order valence-electron chi connectivity index (χ1n) is 15.4. The smallest absolute Gasteiger partial charge is 0.328 e. The molecule has 2 atom stereocenters. The fourth-order valence-electron chi connectivity index (χ4n) is 4.26. The van der Waals surface area contributed by atoms with E-state index in [4.69, 9.17) is 16.2 Å². The van der Waals surface area contributed by atoms with Crippen molar-refractivity contribution in [3.8, 4) is 0 Å². The van der Waals surface area contributed by atoms with Gasteiger partial charge in [-0.3, -0.25) is 9.59 Å². The van der Waals surface area contributed by atoms with Gasteiger partial charge in [-0.05, 0) is 51.6 Å². The van der Waals surface area contributed by atoms with Crippen LogP contribution >= 0.6 is 21.6 Å². The molecule has 0 heterocycles. The van der Waals surface area contributed by atoms with Crippen LogP contribution in [0.15, 0.2) is 0 Å². The van der Waals surface area contributed by atoms with Crippen LogP contribution in [0.5, 0.6) is 0 Å². The normalized spacial score (nSPS) is 12.5. The van der Waals surface area contributed by atoms with Gasteiger partial charge in [0, 0.05) is 24.3 Å². The summed E-state index contributed by atoms with van der Waals surface area (Å²) in [6.45, 7) is 1.47. The summed E-state index contributed by atoms with van der Waals surface area (Å²) in [6.07, 6.45) is 16.1. The van der Waals surface area contributed by atoms with E-state index in [0.29, 0.717) is 37.2 Å². The van der Waals surface area contributed by atoms with Gasteiger partial charge in [-0.1, -0.05) is 85.8 Å². The zero-order valence-electron chi connectivity index (χ0n) is 25.2. The number of esters is 1. The molecule has 0 saturated carbocycles. The first-order valence-corrected chi connectivity index (χ1v) is 17.9. The first-order chi connectivity index (χ1) is 19.8. The number of rotatable bonds is 29. The van der Waals surface area contributed by atoms with Crippen molar-refractivity contribution in [3.63, 3.8) is 0 Å². The number of hydrogen-bond donors (Lipinski definition) is 5. The molecule has 0 radical (unpaired) electrons. The monoisotopic (exact) mass is 620 g/mol. The predicted octanol–water partition coefficient (Wildman–Crippen LogP) is 4.53. The van der Waals surface area contributed by atoms with Gasteiger partial charge >= 0.3 is 11.9 Å². The Morgan fingerprint density at radius 1 is 0.634 bits per heavy atom. The number of nitrogens with one attached hydrogen (secondary N) is 2. The van der Waals surface area contributed by atoms with Crippen molar-refractivity contribution in [2.24, 2.45) is 11.5 Å². The number of amides is 2. The van der Waals surface area contributed by atoms with Crippen LogP contribution in [-0.2, 0) is 23.9 Å². The highest BCUT2D eigenvalue weighted by Crippen LogP contribution is 2.24. The zero-order chi connectivity index (χ0) is 30.6. The molecule has 0 aliphatic heterocycles. The van der Waals surface area contributed by atoms with Crippen molar-refractivity contribution in [3.05, 3.63) is 0 Å². The Hall–Kier alpha value is -1.50. The molecule has 12 heteroatoms. The largest absolute Gasteiger partial charge is 0.480 e. The van der Waals surface area contributed by atoms with Gasteiger partial charge in [0.25, 0.3) is 0 Å². The second kappa shape index (κ2) is 28.6. The second-order valence-corrected chi connectivity index (χ2v) is 13.1. The lowest BCUT2D eigenvalue weighted by molar-refractivity contribution is -0.145. The second-order valence-electron chi connectivity index (χ2n) is 10.3. The fourth-order valence-corrected chi connectivity index (χ4v) is 6.44. The van der Waals surface area contributed by atoms with E-state index < -0.39 is 24.0 Å². The van der Waals surface area contributed by atoms with Gasteiger partial charge in [0.15, 0.2) is 0 Å². The summed E-state index contributed by atoms with van der Waals surface area (Å²) in [5.41, 5.74) is 11.0. The lowest BCUT2D eigenvalue weighted by Crippen LogP contribution is -2.41. The molecular weight excluding hydrogens is 564 g/mol. The third kappa shape index (κ3) is 24.8. The summed E-state index contributed by atoms with van der Waals surface area (Å²) < 4.78 is 4.85. The summed E-state index contributed by atoms with van der Waals surface area (Å²) in [5, 5.41) is 14.9. The van der Waals surface area contributed by atoms with Crippen LogP contribution in [0.1, 0.15) is 116 Å². The van der Waals surface area contributed by atoms with Crippen molar-refractivity contribution in [1.82, 2.24) is 10.6 Å². The molecule has 0 bridgehead atoms. The Morgan fingerprint density at radius 3 is 1.39 bits per heavy atom. The lowest BCUT2D eigenvalue weighted by atomic mass is 10.1. The van der Waals surface area contributed by atoms with E-state index in [-0.39, 0.29) is 11.8 Å². The van der Waals surface area contributed by atoms with E-state index in [1.807, 2.05) is 0 Å². The van der Waals surface area contributed by atoms with Crippen molar-refractivity contribution in [1.29, 1.82) is 0 Å². The summed E-state index contributed by atoms with van der Waals surface area (Å²) in [4.78, 5) is 48.2. The number of aliphatic carboxylic acids is 1. The Morgan fingerprint density at radius 2 is 1.00 bits per heavy atom. The van der Waals surface area contributed by atoms with Gasteiger partial charge in [0.05, 0.1) is 7.11 Å². The minimum Gasteiger partial charge on any atom is -0.480 e. The molecule has 0 aromatic rings. The number of nitrogens with two attached hydrogens (primary N) is 2. The summed E-state index contributed by atoms with van der Waals surface area (Å²) in [6, 6.07) is -1.62. The highest BCUT2D eigenvalue weighted by Gasteiger charge is 2.22. The molecule has 0 fully saturated rings. The molecular formula is C29H56N4O6S2. The molecule has 0 aromatic carbocycles. The molecule has 10 nitrogen and oxygen atoms in total. The Labute approximate surface area is 255 Å². The maximum atomic E-state index is 12.3. The van der Waals surface area contributed by atoms with Gasteiger partial charge in [-0.15, -0.1) is 0 Å². The molecule has 0 spiro atoms. The van der Waals surface area contributed by atoms with E-state index in [0.717, 1.165) is 96.6 Å². The number of methoxy groups -OCH3 is 1. The van der Waals surface area contributed by atoms with Crippen molar-refractivity contribution < 1.29 is 29.0 Å². The van der Waals surface area contributed by atoms with Gasteiger partial charge in [-0.25, -0.2) is 9.59 Å². The predicted molar refractivity (Wildman–Crippen MR) is 170 cm³/mol. The lowest BCUT2D eigenvalue weighted by Gasteiger charge is -2.16. The van der Waals surface area contributed by atoms with Crippen LogP contribution < -0.4 is 22.1 Å². The van der Waals surface area contributed by atoms with E-state index >= 15 is 0 Å². The molecule has 240 valence electrons. The van der Waals surface area contributed by atoms with Crippen LogP contribution in [0.25, 0.3) is 0 Å². The average Bonchev–Trinajstić information content (AvgIpc) is 2.95. The number of carbonyl (C=O) groups excluding carboxylic acids is 3. The van der Waals surface area contributed by atoms with Crippen LogP contribution in [0.4, 0.5) is 0 Å². The van der Waals surface area contributed by atoms with E-state index in [1.54, 1.807) is 0 Å². The molecule has 0 rings (SSSR count). The maximum absolute atomic E-state index is 12.3. The molecule has 0 saturated heterocycles. The minimum absolute atomic E-state index is 0.149. The molecule has 41 heavy (non-hydrogen) atoms. The third-order valence-electron chi connectivity index (χ3n) is 6.73. The highest BCUT2D eigenvalue weighted by atomic mass is 33.1. The van der Waals surface area contributed by atoms with Crippen molar-refractivity contribution >= 4 is 45.3 Å². The number of carboxylic acids is 1. The zero-order valence-corrected chi connectivity index (χ0v) is 26.8. The summed E-state index contributed by atoms with van der Waals surface area (Å²) >= 11 is 0. The SMILES string of the molecule is COC(=O)C(CCSSCCC(NC(=O)CCCCCCCCCN)C(=O)O)NC(=O)CCCCCCCCCN. The molecule has 0 aromatic heterocycles. The van der Waals surface area contributed by atoms with Gasteiger partial charge < -0.3 is 31.9 Å². The van der Waals surface area contributed by atoms with Crippen LogP contribution in [0.3, 0.4) is 0 Å². The highest BCUT2D eigenvalue weighted by molar-refractivity contribution is 8.76. The number of ether oxygens (including phenoxy) is 1. The topological polar surface area (TPSA) is 174 Å². The Kier molecular flexibility index (Phi) is 27.6. The molecule has 0 aliphatic carbocycles. The van der Waals surface area contributed by atoms with Gasteiger partial charge in [0.1, 0.15) is 12.1 Å². The third-order valence-corrected chi connectivity index (χ3v) is 9.20. The maximum Gasteiger partial charge on any atom is 0.328 e. The Balaban J connectivity index is 4.11. The fraction of sp³-hybridized carbons (Fsp3) is 0.862. The number of carboxylic acid groups (broad SMARTS) is 1. The Bertz CT molecular complexity index is 702. The standard InChI is InChI=1S/C29H56N4O6S2/c1-39-29(38)25(33-27(35)17-13-9-5-3-7-11-15-21-31)19-23-41-40-22-18-24(28(36)37)32-26(34)16-12-8-4-2-6-10-14-20-30/h24-25H,2-23,30-31H2,1H3,(H,32,34)(H,33,35)(H,36,37). The summed E-state index contributed by atoms with van der Waals surface area (Å²) in [5.74, 6) is -0.759. The summed E-state index contributed by atoms with van der Waals surface area (Å²) in [7, 11) is 4.30. The average molecular weight is 621 g/mol. The van der Waals surface area contributed by atoms with E-state index in [9.17, 15) is 24.3 Å². The van der Waals surface area contributed by atoms with E-state index in [2.05, 4.69) is 10.6 Å². The number of unbranched alkanes of at least 4 members (excludes halogenated alkanes) is 12. The molecule has 7 N–H and O–H groups in total. The van der Waals surface area contributed by atoms with Crippen LogP contribution in [-0.4, -0.2) is 72.6 Å². The van der Waals surface area contributed by atoms with Crippen molar-refractivity contribution in [2.45, 2.75) is 128 Å². The van der Waals surface area contributed by atoms with E-state index in [1.165, 1.54) is 35.1 Å². The molecule has 2 amide bonds. The van der Waals surface area contributed by atoms with Crippen LogP contribution in [0.2, 0.25) is 0 Å². The minimum atomic E-state index is -1.04. The van der Waals surface area contributed by atoms with Gasteiger partial charge in [-0.2, -0.15) is 0 Å². The number of carbonyl (C=O) groups is 4. The van der Waals surface area contributed by atoms with Crippen molar-refractivity contribution in [2.75, 3.05) is 31.7 Å². The van der Waals surface area contributed by atoms with Crippen LogP contribution in [0, 0.1) is 0 Å². The molecule has 0 aliphatic rings. The molecule has 2 unspecified atom stereocenters. The number of hydrogen-bond acceptors (Lipinski definition) is 9. The first kappa shape index (κ1) is 39.5. The quantitative estimate of drug-likeness (QED) is 0.0454. The van der Waals surface area contributed by atoms with Gasteiger partial charge in [0.2, 0.25) is 11.8 Å².